The van der Waals surface area contributed by atoms with E-state index in [4.69, 9.17) is 14.2 Å². The molecular weight excluding hydrogens is 482 g/mol. The van der Waals surface area contributed by atoms with Crippen LogP contribution in [-0.2, 0) is 14.3 Å². The van der Waals surface area contributed by atoms with Gasteiger partial charge in [-0.2, -0.15) is 0 Å². The molecular formula is C31H39NO6. The molecule has 2 aromatic rings. The molecule has 0 spiro atoms. The third kappa shape index (κ3) is 6.57. The molecule has 7 nitrogen and oxygen atoms in total. The maximum atomic E-state index is 13.3. The summed E-state index contributed by atoms with van der Waals surface area (Å²) in [6.07, 6.45) is 6.85. The first-order chi connectivity index (χ1) is 18.5. The van der Waals surface area contributed by atoms with E-state index in [0.717, 1.165) is 56.3 Å². The minimum atomic E-state index is -0.714. The second kappa shape index (κ2) is 13.5. The predicted molar refractivity (Wildman–Crippen MR) is 146 cm³/mol. The summed E-state index contributed by atoms with van der Waals surface area (Å²) in [6.45, 7) is 6.46. The number of hydrogen-bond acceptors (Lipinski definition) is 6. The van der Waals surface area contributed by atoms with Crippen molar-refractivity contribution in [3.8, 4) is 11.5 Å². The quantitative estimate of drug-likeness (QED) is 0.150. The number of rotatable bonds is 13. The van der Waals surface area contributed by atoms with Gasteiger partial charge in [-0.15, -0.1) is 0 Å². The molecule has 2 fully saturated rings. The van der Waals surface area contributed by atoms with Gasteiger partial charge in [0.2, 0.25) is 0 Å². The number of benzene rings is 2. The number of aliphatic hydroxyl groups excluding tert-OH is 1. The lowest BCUT2D eigenvalue weighted by Gasteiger charge is -2.27. The smallest absolute Gasteiger partial charge is 0.295 e. The summed E-state index contributed by atoms with van der Waals surface area (Å²) in [5.74, 6) is -0.0668. The number of ketones is 1. The van der Waals surface area contributed by atoms with Gasteiger partial charge in [-0.1, -0.05) is 45.2 Å². The third-order valence-electron chi connectivity index (χ3n) is 7.07. The van der Waals surface area contributed by atoms with Crippen LogP contribution < -0.4 is 9.47 Å². The van der Waals surface area contributed by atoms with Gasteiger partial charge in [0.25, 0.3) is 11.7 Å². The van der Waals surface area contributed by atoms with Crippen molar-refractivity contribution < 1.29 is 28.9 Å². The Labute approximate surface area is 225 Å². The van der Waals surface area contributed by atoms with Crippen LogP contribution in [0.25, 0.3) is 5.76 Å². The fourth-order valence-electron chi connectivity index (χ4n) is 4.91. The van der Waals surface area contributed by atoms with Crippen molar-refractivity contribution in [3.63, 3.8) is 0 Å². The highest BCUT2D eigenvalue weighted by Gasteiger charge is 2.47. The Morgan fingerprint density at radius 3 is 2.16 bits per heavy atom. The topological polar surface area (TPSA) is 85.3 Å². The molecule has 2 saturated heterocycles. The maximum absolute atomic E-state index is 13.3. The average molecular weight is 522 g/mol. The van der Waals surface area contributed by atoms with Crippen molar-refractivity contribution in [3.05, 3.63) is 65.2 Å². The number of carbonyl (C=O) groups is 2. The van der Waals surface area contributed by atoms with E-state index in [-0.39, 0.29) is 17.4 Å². The number of amides is 1. The van der Waals surface area contributed by atoms with E-state index < -0.39 is 17.7 Å². The molecule has 1 N–H and O–H groups in total. The number of nitrogens with zero attached hydrogens (tertiary/aromatic N) is 1. The summed E-state index contributed by atoms with van der Waals surface area (Å²) in [5.41, 5.74) is 1.29. The van der Waals surface area contributed by atoms with Gasteiger partial charge in [-0.05, 0) is 67.6 Å². The Bertz CT molecular complexity index is 1100. The second-order valence-corrected chi connectivity index (χ2v) is 9.94. The molecule has 38 heavy (non-hydrogen) atoms. The van der Waals surface area contributed by atoms with Crippen LogP contribution >= 0.6 is 0 Å². The SMILES string of the molecule is CCCCCOc1ccc(C2/C(=C(/O)c3ccc(OCCCC)cc3)C(=O)C(=O)N2CC2CCCO2)cc1. The highest BCUT2D eigenvalue weighted by molar-refractivity contribution is 6.46. The molecule has 2 atom stereocenters. The van der Waals surface area contributed by atoms with Gasteiger partial charge in [-0.25, -0.2) is 0 Å². The standard InChI is InChI=1S/C31H39NO6/c1-3-5-7-19-37-24-14-10-22(11-15-24)28-27(30(34)31(35)32(28)21-26-9-8-20-38-26)29(33)23-12-16-25(17-13-23)36-18-6-4-2/h10-17,26,28,33H,3-9,18-21H2,1-2H3/b29-27-. The van der Waals surface area contributed by atoms with Gasteiger partial charge in [0.05, 0.1) is 30.9 Å². The minimum Gasteiger partial charge on any atom is -0.507 e. The van der Waals surface area contributed by atoms with Crippen LogP contribution in [0.1, 0.15) is 76.0 Å². The van der Waals surface area contributed by atoms with E-state index in [0.29, 0.717) is 37.7 Å². The van der Waals surface area contributed by atoms with Crippen LogP contribution in [0.5, 0.6) is 11.5 Å². The summed E-state index contributed by atoms with van der Waals surface area (Å²) >= 11 is 0. The molecule has 2 heterocycles. The van der Waals surface area contributed by atoms with E-state index in [2.05, 4.69) is 13.8 Å². The first kappa shape index (κ1) is 27.7. The number of carbonyl (C=O) groups excluding carboxylic acids is 2. The number of unbranched alkanes of at least 4 members (excludes halogenated alkanes) is 3. The van der Waals surface area contributed by atoms with Crippen molar-refractivity contribution in [2.24, 2.45) is 0 Å². The molecule has 2 aromatic carbocycles. The third-order valence-corrected chi connectivity index (χ3v) is 7.07. The van der Waals surface area contributed by atoms with E-state index in [1.165, 1.54) is 0 Å². The summed E-state index contributed by atoms with van der Waals surface area (Å²) < 4.78 is 17.4. The van der Waals surface area contributed by atoms with Crippen LogP contribution in [0.4, 0.5) is 0 Å². The van der Waals surface area contributed by atoms with Crippen molar-refractivity contribution in [1.29, 1.82) is 0 Å². The summed E-state index contributed by atoms with van der Waals surface area (Å²) in [6, 6.07) is 13.7. The van der Waals surface area contributed by atoms with Gasteiger partial charge in [0.15, 0.2) is 0 Å². The summed E-state index contributed by atoms with van der Waals surface area (Å²) in [4.78, 5) is 28.1. The molecule has 0 aromatic heterocycles. The largest absolute Gasteiger partial charge is 0.507 e. The molecule has 2 aliphatic heterocycles. The van der Waals surface area contributed by atoms with Crippen molar-refractivity contribution in [1.82, 2.24) is 4.90 Å². The number of aliphatic hydroxyl groups is 1. The number of Topliss-reactive ketones (excluding diaryl/α,β-unsaturated/α-hetero) is 1. The normalized spacial score (nSPS) is 20.7. The van der Waals surface area contributed by atoms with Crippen LogP contribution in [0.2, 0.25) is 0 Å². The molecule has 2 unspecified atom stereocenters. The molecule has 2 aliphatic rings. The Kier molecular flexibility index (Phi) is 9.82. The summed E-state index contributed by atoms with van der Waals surface area (Å²) in [7, 11) is 0. The van der Waals surface area contributed by atoms with Crippen molar-refractivity contribution in [2.45, 2.75) is 70.9 Å². The molecule has 1 amide bonds. The second-order valence-electron chi connectivity index (χ2n) is 9.94. The van der Waals surface area contributed by atoms with Crippen LogP contribution in [-0.4, -0.2) is 54.2 Å². The van der Waals surface area contributed by atoms with Gasteiger partial charge in [-0.3, -0.25) is 9.59 Å². The zero-order valence-corrected chi connectivity index (χ0v) is 22.5. The van der Waals surface area contributed by atoms with Crippen LogP contribution in [0.15, 0.2) is 54.1 Å². The summed E-state index contributed by atoms with van der Waals surface area (Å²) in [5, 5.41) is 11.3. The lowest BCUT2D eigenvalue weighted by molar-refractivity contribution is -0.140. The first-order valence-electron chi connectivity index (χ1n) is 13.9. The fourth-order valence-corrected chi connectivity index (χ4v) is 4.91. The van der Waals surface area contributed by atoms with Crippen LogP contribution in [0.3, 0.4) is 0 Å². The molecule has 0 bridgehead atoms. The Morgan fingerprint density at radius 1 is 0.921 bits per heavy atom. The minimum absolute atomic E-state index is 0.0873. The molecule has 204 valence electrons. The molecule has 0 saturated carbocycles. The van der Waals surface area contributed by atoms with Gasteiger partial charge < -0.3 is 24.2 Å². The monoisotopic (exact) mass is 521 g/mol. The predicted octanol–water partition coefficient (Wildman–Crippen LogP) is 6.04. The highest BCUT2D eigenvalue weighted by atomic mass is 16.5. The molecule has 7 heteroatoms. The van der Waals surface area contributed by atoms with E-state index in [1.807, 2.05) is 24.3 Å². The van der Waals surface area contributed by atoms with E-state index >= 15 is 0 Å². The first-order valence-corrected chi connectivity index (χ1v) is 13.9. The highest BCUT2D eigenvalue weighted by Crippen LogP contribution is 2.40. The lowest BCUT2D eigenvalue weighted by atomic mass is 9.95. The molecule has 0 radical (unpaired) electrons. The zero-order valence-electron chi connectivity index (χ0n) is 22.5. The van der Waals surface area contributed by atoms with Gasteiger partial charge in [0.1, 0.15) is 17.3 Å². The maximum Gasteiger partial charge on any atom is 0.295 e. The fraction of sp³-hybridized carbons (Fsp3) is 0.484. The number of hydrogen-bond donors (Lipinski definition) is 1. The lowest BCUT2D eigenvalue weighted by Crippen LogP contribution is -2.36. The van der Waals surface area contributed by atoms with Crippen molar-refractivity contribution >= 4 is 17.4 Å². The molecule has 0 aliphatic carbocycles. The number of likely N-dealkylation sites (tertiary alicyclic amines) is 1. The number of ether oxygens (including phenoxy) is 3. The molecule has 4 rings (SSSR count). The Hall–Kier alpha value is -3.32. The van der Waals surface area contributed by atoms with Gasteiger partial charge in [0, 0.05) is 18.7 Å². The Morgan fingerprint density at radius 2 is 1.55 bits per heavy atom. The Balaban J connectivity index is 1.63. The van der Waals surface area contributed by atoms with Gasteiger partial charge >= 0.3 is 0 Å². The van der Waals surface area contributed by atoms with Crippen LogP contribution in [0, 0.1) is 0 Å². The van der Waals surface area contributed by atoms with E-state index in [9.17, 15) is 14.7 Å². The van der Waals surface area contributed by atoms with E-state index in [1.54, 1.807) is 29.2 Å². The average Bonchev–Trinajstić information content (AvgIpc) is 3.54. The zero-order chi connectivity index (χ0) is 26.9. The van der Waals surface area contributed by atoms with Crippen molar-refractivity contribution in [2.75, 3.05) is 26.4 Å².